The molecule has 0 radical (unpaired) electrons. The molecule has 110 valence electrons. The van der Waals surface area contributed by atoms with Crippen LogP contribution in [0.1, 0.15) is 37.6 Å². The van der Waals surface area contributed by atoms with E-state index in [9.17, 15) is 14.9 Å². The summed E-state index contributed by atoms with van der Waals surface area (Å²) in [5.41, 5.74) is 0.415. The fourth-order valence-corrected chi connectivity index (χ4v) is 1.75. The second-order valence-electron chi connectivity index (χ2n) is 5.18. The van der Waals surface area contributed by atoms with Crippen molar-refractivity contribution in [1.82, 2.24) is 0 Å². The predicted octanol–water partition coefficient (Wildman–Crippen LogP) is 3.01. The SMILES string of the molecule is CCC(C)(C)N(C)c1cc(C(=O)OC)ccc1[N+](=O)[O-]. The van der Waals surface area contributed by atoms with Crippen LogP contribution >= 0.6 is 0 Å². The number of nitro groups is 1. The van der Waals surface area contributed by atoms with E-state index in [1.165, 1.54) is 25.3 Å². The van der Waals surface area contributed by atoms with Crippen LogP contribution in [0.3, 0.4) is 0 Å². The van der Waals surface area contributed by atoms with Crippen molar-refractivity contribution in [2.45, 2.75) is 32.7 Å². The molecule has 0 aromatic heterocycles. The average Bonchev–Trinajstić information content (AvgIpc) is 2.44. The molecule has 0 N–H and O–H groups in total. The number of hydrogen-bond donors (Lipinski definition) is 0. The number of anilines is 1. The van der Waals surface area contributed by atoms with Crippen LogP contribution in [0.4, 0.5) is 11.4 Å². The van der Waals surface area contributed by atoms with Gasteiger partial charge in [-0.2, -0.15) is 0 Å². The van der Waals surface area contributed by atoms with Crippen LogP contribution in [0.15, 0.2) is 18.2 Å². The van der Waals surface area contributed by atoms with Gasteiger partial charge in [-0.15, -0.1) is 0 Å². The van der Waals surface area contributed by atoms with Crippen molar-refractivity contribution in [3.8, 4) is 0 Å². The fourth-order valence-electron chi connectivity index (χ4n) is 1.75. The van der Waals surface area contributed by atoms with E-state index in [2.05, 4.69) is 4.74 Å². The molecule has 1 aromatic carbocycles. The predicted molar refractivity (Wildman–Crippen MR) is 77.2 cm³/mol. The third kappa shape index (κ3) is 3.07. The Morgan fingerprint density at radius 3 is 2.50 bits per heavy atom. The summed E-state index contributed by atoms with van der Waals surface area (Å²) in [7, 11) is 3.07. The first-order valence-electron chi connectivity index (χ1n) is 6.35. The maximum atomic E-state index is 11.6. The van der Waals surface area contributed by atoms with E-state index in [4.69, 9.17) is 0 Å². The molecule has 1 rings (SSSR count). The minimum Gasteiger partial charge on any atom is -0.465 e. The van der Waals surface area contributed by atoms with Gasteiger partial charge in [-0.1, -0.05) is 6.92 Å². The minimum absolute atomic E-state index is 0.0262. The third-order valence-electron chi connectivity index (χ3n) is 3.73. The van der Waals surface area contributed by atoms with Gasteiger partial charge in [0.1, 0.15) is 5.69 Å². The first-order chi connectivity index (χ1) is 9.24. The second-order valence-corrected chi connectivity index (χ2v) is 5.18. The van der Waals surface area contributed by atoms with Gasteiger partial charge < -0.3 is 9.64 Å². The molecule has 0 atom stereocenters. The topological polar surface area (TPSA) is 72.7 Å². The Bertz CT molecular complexity index is 526. The van der Waals surface area contributed by atoms with Gasteiger partial charge in [-0.3, -0.25) is 10.1 Å². The number of esters is 1. The molecule has 0 aliphatic carbocycles. The van der Waals surface area contributed by atoms with Crippen molar-refractivity contribution >= 4 is 17.3 Å². The summed E-state index contributed by atoms with van der Waals surface area (Å²) in [5, 5.41) is 11.2. The van der Waals surface area contributed by atoms with Gasteiger partial charge in [0, 0.05) is 18.7 Å². The number of carbonyl (C=O) groups is 1. The number of benzene rings is 1. The molecule has 0 amide bonds. The lowest BCUT2D eigenvalue weighted by Gasteiger charge is -2.36. The number of carbonyl (C=O) groups excluding carboxylic acids is 1. The Hall–Kier alpha value is -2.11. The number of rotatable bonds is 5. The molecule has 6 heteroatoms. The van der Waals surface area contributed by atoms with Crippen LogP contribution < -0.4 is 4.90 Å². The van der Waals surface area contributed by atoms with Crippen molar-refractivity contribution in [1.29, 1.82) is 0 Å². The van der Waals surface area contributed by atoms with Crippen LogP contribution in [-0.4, -0.2) is 30.6 Å². The molecule has 0 saturated carbocycles. The zero-order valence-electron chi connectivity index (χ0n) is 12.5. The van der Waals surface area contributed by atoms with E-state index < -0.39 is 10.9 Å². The fraction of sp³-hybridized carbons (Fsp3) is 0.500. The number of nitro benzene ring substituents is 1. The number of methoxy groups -OCH3 is 1. The molecule has 0 bridgehead atoms. The van der Waals surface area contributed by atoms with Gasteiger partial charge in [-0.25, -0.2) is 4.79 Å². The number of hydrogen-bond acceptors (Lipinski definition) is 5. The van der Waals surface area contributed by atoms with Crippen LogP contribution in [0, 0.1) is 10.1 Å². The normalized spacial score (nSPS) is 11.1. The molecule has 0 fully saturated rings. The monoisotopic (exact) mass is 280 g/mol. The zero-order valence-corrected chi connectivity index (χ0v) is 12.5. The minimum atomic E-state index is -0.510. The van der Waals surface area contributed by atoms with Crippen LogP contribution in [0.5, 0.6) is 0 Å². The van der Waals surface area contributed by atoms with E-state index in [1.807, 2.05) is 25.7 Å². The summed E-state index contributed by atoms with van der Waals surface area (Å²) >= 11 is 0. The van der Waals surface area contributed by atoms with Crippen molar-refractivity contribution in [3.05, 3.63) is 33.9 Å². The van der Waals surface area contributed by atoms with Gasteiger partial charge in [0.15, 0.2) is 0 Å². The van der Waals surface area contributed by atoms with Crippen molar-refractivity contribution < 1.29 is 14.5 Å². The Morgan fingerprint density at radius 1 is 1.45 bits per heavy atom. The molecule has 6 nitrogen and oxygen atoms in total. The Balaban J connectivity index is 3.40. The second kappa shape index (κ2) is 5.90. The maximum absolute atomic E-state index is 11.6. The highest BCUT2D eigenvalue weighted by Gasteiger charge is 2.28. The maximum Gasteiger partial charge on any atom is 0.337 e. The van der Waals surface area contributed by atoms with E-state index in [1.54, 1.807) is 7.05 Å². The van der Waals surface area contributed by atoms with Crippen molar-refractivity contribution in [2.24, 2.45) is 0 Å². The summed E-state index contributed by atoms with van der Waals surface area (Å²) < 4.78 is 4.66. The standard InChI is InChI=1S/C14H20N2O4/c1-6-14(2,3)15(4)12-9-10(13(17)20-5)7-8-11(12)16(18)19/h7-9H,6H2,1-5H3. The summed E-state index contributed by atoms with van der Waals surface area (Å²) in [6, 6.07) is 4.24. The molecule has 0 aliphatic rings. The van der Waals surface area contributed by atoms with Gasteiger partial charge in [0.25, 0.3) is 5.69 Å². The molecule has 1 aromatic rings. The summed E-state index contributed by atoms with van der Waals surface area (Å²) in [6.07, 6.45) is 0.809. The molecule has 20 heavy (non-hydrogen) atoms. The summed E-state index contributed by atoms with van der Waals surface area (Å²) in [5.74, 6) is -0.510. The number of nitrogens with zero attached hydrogens (tertiary/aromatic N) is 2. The van der Waals surface area contributed by atoms with Crippen LogP contribution in [-0.2, 0) is 4.74 Å². The molecule has 0 spiro atoms. The van der Waals surface area contributed by atoms with Gasteiger partial charge in [0.2, 0.25) is 0 Å². The quantitative estimate of drug-likeness (QED) is 0.471. The first-order valence-corrected chi connectivity index (χ1v) is 6.35. The molecule has 0 heterocycles. The Kier molecular flexibility index (Phi) is 4.70. The highest BCUT2D eigenvalue weighted by molar-refractivity contribution is 5.91. The van der Waals surface area contributed by atoms with Crippen molar-refractivity contribution in [2.75, 3.05) is 19.1 Å². The Labute approximate surface area is 118 Å². The van der Waals surface area contributed by atoms with E-state index in [0.29, 0.717) is 11.3 Å². The zero-order chi connectivity index (χ0) is 15.5. The van der Waals surface area contributed by atoms with Gasteiger partial charge in [-0.05, 0) is 32.4 Å². The molecule has 0 aliphatic heterocycles. The van der Waals surface area contributed by atoms with Crippen LogP contribution in [0.2, 0.25) is 0 Å². The third-order valence-corrected chi connectivity index (χ3v) is 3.73. The highest BCUT2D eigenvalue weighted by Crippen LogP contribution is 2.33. The van der Waals surface area contributed by atoms with Gasteiger partial charge in [0.05, 0.1) is 17.6 Å². The highest BCUT2D eigenvalue weighted by atomic mass is 16.6. The smallest absolute Gasteiger partial charge is 0.337 e. The lowest BCUT2D eigenvalue weighted by atomic mass is 9.98. The van der Waals surface area contributed by atoms with Crippen LogP contribution in [0.25, 0.3) is 0 Å². The molecular weight excluding hydrogens is 260 g/mol. The van der Waals surface area contributed by atoms with Gasteiger partial charge >= 0.3 is 5.97 Å². The summed E-state index contributed by atoms with van der Waals surface area (Å²) in [6.45, 7) is 5.98. The average molecular weight is 280 g/mol. The van der Waals surface area contributed by atoms with Crippen molar-refractivity contribution in [3.63, 3.8) is 0 Å². The molecule has 0 saturated heterocycles. The molecule has 0 unspecified atom stereocenters. The lowest BCUT2D eigenvalue weighted by Crippen LogP contribution is -2.40. The number of ether oxygens (including phenoxy) is 1. The van der Waals surface area contributed by atoms with E-state index in [-0.39, 0.29) is 11.2 Å². The first kappa shape index (κ1) is 15.9. The van der Waals surface area contributed by atoms with E-state index >= 15 is 0 Å². The summed E-state index contributed by atoms with van der Waals surface area (Å²) in [4.78, 5) is 24.1. The lowest BCUT2D eigenvalue weighted by molar-refractivity contribution is -0.384. The largest absolute Gasteiger partial charge is 0.465 e. The Morgan fingerprint density at radius 2 is 2.05 bits per heavy atom. The molecular formula is C14H20N2O4. The van der Waals surface area contributed by atoms with E-state index in [0.717, 1.165) is 6.42 Å².